The van der Waals surface area contributed by atoms with Crippen molar-refractivity contribution < 1.29 is 14.4 Å². The van der Waals surface area contributed by atoms with E-state index in [4.69, 9.17) is 9.47 Å². The second-order valence-electron chi connectivity index (χ2n) is 5.26. The summed E-state index contributed by atoms with van der Waals surface area (Å²) in [7, 11) is 0. The van der Waals surface area contributed by atoms with Gasteiger partial charge in [0.25, 0.3) is 0 Å². The number of anilines is 1. The molecule has 1 heterocycles. The van der Waals surface area contributed by atoms with Gasteiger partial charge in [-0.25, -0.2) is 0 Å². The fourth-order valence-electron chi connectivity index (χ4n) is 2.47. The van der Waals surface area contributed by atoms with Crippen molar-refractivity contribution in [3.8, 4) is 5.75 Å². The molecule has 0 radical (unpaired) electrons. The highest BCUT2D eigenvalue weighted by Crippen LogP contribution is 2.35. The summed E-state index contributed by atoms with van der Waals surface area (Å²) < 4.78 is 11.0. The summed E-state index contributed by atoms with van der Waals surface area (Å²) in [4.78, 5) is 10.9. The fraction of sp³-hybridized carbons (Fsp3) is 0.600. The number of ether oxygens (including phenoxy) is 2. The van der Waals surface area contributed by atoms with Crippen LogP contribution >= 0.6 is 0 Å². The van der Waals surface area contributed by atoms with Crippen LogP contribution < -0.4 is 10.1 Å². The third-order valence-corrected chi connectivity index (χ3v) is 3.73. The lowest BCUT2D eigenvalue weighted by Gasteiger charge is -2.16. The Balaban J connectivity index is 2.12. The van der Waals surface area contributed by atoms with Crippen molar-refractivity contribution in [3.63, 3.8) is 0 Å². The number of hydrogen-bond donors (Lipinski definition) is 1. The van der Waals surface area contributed by atoms with Crippen LogP contribution in [0.25, 0.3) is 0 Å². The van der Waals surface area contributed by atoms with Crippen LogP contribution in [0, 0.1) is 16.0 Å². The van der Waals surface area contributed by atoms with Crippen LogP contribution in [-0.4, -0.2) is 30.8 Å². The number of nitro benzene ring substituents is 1. The molecule has 1 aromatic rings. The molecule has 1 aliphatic rings. The average Bonchev–Trinajstić information content (AvgIpc) is 2.87. The lowest BCUT2D eigenvalue weighted by Crippen LogP contribution is -2.21. The normalized spacial score (nSPS) is 21.2. The van der Waals surface area contributed by atoms with Gasteiger partial charge in [-0.05, 0) is 31.9 Å². The zero-order valence-electron chi connectivity index (χ0n) is 12.5. The van der Waals surface area contributed by atoms with Crippen molar-refractivity contribution in [1.82, 2.24) is 0 Å². The predicted molar refractivity (Wildman–Crippen MR) is 80.9 cm³/mol. The van der Waals surface area contributed by atoms with Gasteiger partial charge in [0.2, 0.25) is 0 Å². The van der Waals surface area contributed by atoms with Gasteiger partial charge in [0.1, 0.15) is 5.69 Å². The Morgan fingerprint density at radius 2 is 2.33 bits per heavy atom. The first kappa shape index (κ1) is 15.6. The average molecular weight is 294 g/mol. The summed E-state index contributed by atoms with van der Waals surface area (Å²) in [5, 5.41) is 14.5. The van der Waals surface area contributed by atoms with Gasteiger partial charge in [0, 0.05) is 19.1 Å². The monoisotopic (exact) mass is 294 g/mol. The highest BCUT2D eigenvalue weighted by atomic mass is 16.6. The zero-order valence-corrected chi connectivity index (χ0v) is 12.5. The standard InChI is InChI=1S/C15H22N2O4/c1-3-8-21-14-6-4-5-13(15(14)17(18)19)16-10-12-7-9-20-11(12)2/h4-6,11-12,16H,3,7-10H2,1-2H3. The number of nitrogens with zero attached hydrogens (tertiary/aromatic N) is 1. The first-order valence-corrected chi connectivity index (χ1v) is 7.39. The molecule has 116 valence electrons. The van der Waals surface area contributed by atoms with Crippen molar-refractivity contribution in [1.29, 1.82) is 0 Å². The van der Waals surface area contributed by atoms with E-state index in [9.17, 15) is 10.1 Å². The lowest BCUT2D eigenvalue weighted by molar-refractivity contribution is -0.385. The number of rotatable bonds is 7. The van der Waals surface area contributed by atoms with Crippen molar-refractivity contribution in [2.24, 2.45) is 5.92 Å². The molecule has 0 spiro atoms. The third-order valence-electron chi connectivity index (χ3n) is 3.73. The minimum Gasteiger partial charge on any atom is -0.487 e. The SMILES string of the molecule is CCCOc1cccc(NCC2CCOC2C)c1[N+](=O)[O-]. The Hall–Kier alpha value is -1.82. The largest absolute Gasteiger partial charge is 0.487 e. The van der Waals surface area contributed by atoms with E-state index in [1.807, 2.05) is 13.8 Å². The van der Waals surface area contributed by atoms with E-state index in [1.54, 1.807) is 18.2 Å². The molecule has 0 amide bonds. The summed E-state index contributed by atoms with van der Waals surface area (Å²) >= 11 is 0. The molecule has 1 aromatic carbocycles. The van der Waals surface area contributed by atoms with Crippen molar-refractivity contribution >= 4 is 11.4 Å². The molecule has 6 heteroatoms. The van der Waals surface area contributed by atoms with E-state index >= 15 is 0 Å². The van der Waals surface area contributed by atoms with Gasteiger partial charge in [-0.1, -0.05) is 13.0 Å². The molecule has 0 aliphatic carbocycles. The first-order valence-electron chi connectivity index (χ1n) is 7.39. The second kappa shape index (κ2) is 7.26. The fourth-order valence-corrected chi connectivity index (χ4v) is 2.47. The highest BCUT2D eigenvalue weighted by Gasteiger charge is 2.26. The van der Waals surface area contributed by atoms with Crippen molar-refractivity contribution in [2.75, 3.05) is 25.1 Å². The van der Waals surface area contributed by atoms with Gasteiger partial charge in [-0.15, -0.1) is 0 Å². The molecule has 1 N–H and O–H groups in total. The Morgan fingerprint density at radius 3 is 2.95 bits per heavy atom. The second-order valence-corrected chi connectivity index (χ2v) is 5.26. The third kappa shape index (κ3) is 3.85. The van der Waals surface area contributed by atoms with Crippen LogP contribution in [0.1, 0.15) is 26.7 Å². The van der Waals surface area contributed by atoms with Gasteiger partial charge in [0.15, 0.2) is 5.75 Å². The Bertz CT molecular complexity index is 493. The quantitative estimate of drug-likeness (QED) is 0.617. The minimum atomic E-state index is -0.387. The highest BCUT2D eigenvalue weighted by molar-refractivity contribution is 5.68. The summed E-state index contributed by atoms with van der Waals surface area (Å²) in [5.41, 5.74) is 0.519. The topological polar surface area (TPSA) is 73.6 Å². The van der Waals surface area contributed by atoms with Gasteiger partial charge in [-0.2, -0.15) is 0 Å². The van der Waals surface area contributed by atoms with Gasteiger partial charge < -0.3 is 14.8 Å². The Morgan fingerprint density at radius 1 is 1.52 bits per heavy atom. The maximum Gasteiger partial charge on any atom is 0.333 e. The van der Waals surface area contributed by atoms with Crippen LogP contribution in [0.4, 0.5) is 11.4 Å². The summed E-state index contributed by atoms with van der Waals surface area (Å²) in [6.45, 7) is 5.90. The van der Waals surface area contributed by atoms with E-state index in [0.717, 1.165) is 19.4 Å². The molecule has 2 unspecified atom stereocenters. The van der Waals surface area contributed by atoms with Crippen LogP contribution in [0.15, 0.2) is 18.2 Å². The van der Waals surface area contributed by atoms with E-state index in [0.29, 0.717) is 30.5 Å². The molecule has 2 atom stereocenters. The Labute approximate surface area is 124 Å². The molecule has 21 heavy (non-hydrogen) atoms. The van der Waals surface area contributed by atoms with E-state index in [1.165, 1.54) is 0 Å². The van der Waals surface area contributed by atoms with E-state index in [-0.39, 0.29) is 16.7 Å². The van der Waals surface area contributed by atoms with Crippen molar-refractivity contribution in [3.05, 3.63) is 28.3 Å². The number of hydrogen-bond acceptors (Lipinski definition) is 5. The maximum absolute atomic E-state index is 11.3. The maximum atomic E-state index is 11.3. The summed E-state index contributed by atoms with van der Waals surface area (Å²) in [6, 6.07) is 5.13. The number of benzene rings is 1. The molecule has 6 nitrogen and oxygen atoms in total. The molecule has 1 saturated heterocycles. The van der Waals surface area contributed by atoms with Gasteiger partial charge in [-0.3, -0.25) is 10.1 Å². The number of para-hydroxylation sites is 1. The summed E-state index contributed by atoms with van der Waals surface area (Å²) in [5.74, 6) is 0.701. The van der Waals surface area contributed by atoms with Crippen LogP contribution in [0.3, 0.4) is 0 Å². The number of nitrogens with one attached hydrogen (secondary N) is 1. The summed E-state index contributed by atoms with van der Waals surface area (Å²) in [6.07, 6.45) is 1.98. The van der Waals surface area contributed by atoms with E-state index < -0.39 is 0 Å². The molecule has 1 fully saturated rings. The van der Waals surface area contributed by atoms with Crippen LogP contribution in [0.2, 0.25) is 0 Å². The lowest BCUT2D eigenvalue weighted by atomic mass is 10.0. The zero-order chi connectivity index (χ0) is 15.2. The van der Waals surface area contributed by atoms with Crippen LogP contribution in [0.5, 0.6) is 5.75 Å². The van der Waals surface area contributed by atoms with Crippen LogP contribution in [-0.2, 0) is 4.74 Å². The Kier molecular flexibility index (Phi) is 5.38. The predicted octanol–water partition coefficient (Wildman–Crippen LogP) is 3.22. The molecular formula is C15H22N2O4. The number of nitro groups is 1. The molecule has 0 aromatic heterocycles. The van der Waals surface area contributed by atoms with Gasteiger partial charge >= 0.3 is 5.69 Å². The first-order chi connectivity index (χ1) is 10.1. The molecule has 2 rings (SSSR count). The molecule has 1 aliphatic heterocycles. The molecule has 0 bridgehead atoms. The molecule has 0 saturated carbocycles. The molecular weight excluding hydrogens is 272 g/mol. The van der Waals surface area contributed by atoms with Gasteiger partial charge in [0.05, 0.1) is 17.6 Å². The minimum absolute atomic E-state index is 0.0116. The smallest absolute Gasteiger partial charge is 0.333 e. The van der Waals surface area contributed by atoms with E-state index in [2.05, 4.69) is 5.32 Å². The van der Waals surface area contributed by atoms with Crippen molar-refractivity contribution in [2.45, 2.75) is 32.8 Å².